The normalized spacial score (nSPS) is 10.2. The second-order valence-electron chi connectivity index (χ2n) is 5.48. The van der Waals surface area contributed by atoms with Crippen LogP contribution < -0.4 is 10.2 Å². The summed E-state index contributed by atoms with van der Waals surface area (Å²) < 4.78 is 0. The molecule has 0 bridgehead atoms. The van der Waals surface area contributed by atoms with E-state index in [0.717, 1.165) is 5.69 Å². The zero-order valence-electron chi connectivity index (χ0n) is 13.7. The van der Waals surface area contributed by atoms with Crippen molar-refractivity contribution in [3.63, 3.8) is 0 Å². The fraction of sp³-hybridized carbons (Fsp3) is 0.263. The highest BCUT2D eigenvalue weighted by atomic mass is 16.3. The highest BCUT2D eigenvalue weighted by Crippen LogP contribution is 2.17. The topological polar surface area (TPSA) is 69.6 Å². The van der Waals surface area contributed by atoms with Crippen LogP contribution in [-0.2, 0) is 4.79 Å². The number of nitrogens with zero attached hydrogens (tertiary/aromatic N) is 1. The van der Waals surface area contributed by atoms with Crippen LogP contribution in [0.5, 0.6) is 0 Å². The van der Waals surface area contributed by atoms with Gasteiger partial charge in [-0.15, -0.1) is 0 Å². The fourth-order valence-corrected chi connectivity index (χ4v) is 2.46. The van der Waals surface area contributed by atoms with Crippen molar-refractivity contribution in [3.05, 3.63) is 60.2 Å². The summed E-state index contributed by atoms with van der Waals surface area (Å²) >= 11 is 0. The number of Topliss-reactive ketones (excluding diaryl/α,β-unsaturated/α-hetero) is 1. The standard InChI is InChI=1S/C19H22N2O3/c1-15(23)17-10-5-6-11-18(17)20-19(24)14-21(12-7-13-22)16-8-3-2-4-9-16/h2-6,8-11,22H,7,12-14H2,1H3,(H,20,24). The molecule has 0 saturated heterocycles. The van der Waals surface area contributed by atoms with Gasteiger partial charge < -0.3 is 15.3 Å². The van der Waals surface area contributed by atoms with Crippen molar-refractivity contribution < 1.29 is 14.7 Å². The van der Waals surface area contributed by atoms with Crippen LogP contribution >= 0.6 is 0 Å². The van der Waals surface area contributed by atoms with E-state index in [-0.39, 0.29) is 24.8 Å². The van der Waals surface area contributed by atoms with Crippen molar-refractivity contribution in [1.29, 1.82) is 0 Å². The Bertz CT molecular complexity index is 686. The van der Waals surface area contributed by atoms with Gasteiger partial charge in [-0.2, -0.15) is 0 Å². The predicted molar refractivity (Wildman–Crippen MR) is 95.4 cm³/mol. The maximum absolute atomic E-state index is 12.4. The molecular formula is C19H22N2O3. The molecule has 2 N–H and O–H groups in total. The second-order valence-corrected chi connectivity index (χ2v) is 5.48. The van der Waals surface area contributed by atoms with E-state index < -0.39 is 0 Å². The van der Waals surface area contributed by atoms with Gasteiger partial charge in [0, 0.05) is 24.4 Å². The zero-order valence-corrected chi connectivity index (χ0v) is 13.7. The third-order valence-electron chi connectivity index (χ3n) is 3.62. The molecule has 0 aliphatic rings. The number of carbonyl (C=O) groups excluding carboxylic acids is 2. The minimum absolute atomic E-state index is 0.0676. The van der Waals surface area contributed by atoms with E-state index in [1.807, 2.05) is 35.2 Å². The molecule has 2 aromatic carbocycles. The molecule has 0 aromatic heterocycles. The maximum atomic E-state index is 12.4. The van der Waals surface area contributed by atoms with Crippen LogP contribution in [0.25, 0.3) is 0 Å². The molecule has 0 heterocycles. The first-order valence-corrected chi connectivity index (χ1v) is 7.92. The number of amides is 1. The van der Waals surface area contributed by atoms with Crippen LogP contribution in [0.1, 0.15) is 23.7 Å². The number of benzene rings is 2. The zero-order chi connectivity index (χ0) is 17.4. The number of para-hydroxylation sites is 2. The van der Waals surface area contributed by atoms with Gasteiger partial charge in [-0.3, -0.25) is 9.59 Å². The summed E-state index contributed by atoms with van der Waals surface area (Å²) in [5.41, 5.74) is 1.93. The van der Waals surface area contributed by atoms with Gasteiger partial charge in [0.1, 0.15) is 0 Å². The van der Waals surface area contributed by atoms with E-state index in [1.54, 1.807) is 24.3 Å². The van der Waals surface area contributed by atoms with Gasteiger partial charge >= 0.3 is 0 Å². The lowest BCUT2D eigenvalue weighted by Crippen LogP contribution is -2.34. The molecule has 24 heavy (non-hydrogen) atoms. The van der Waals surface area contributed by atoms with Crippen LogP contribution in [0.3, 0.4) is 0 Å². The fourth-order valence-electron chi connectivity index (χ4n) is 2.46. The Morgan fingerprint density at radius 2 is 1.71 bits per heavy atom. The number of carbonyl (C=O) groups is 2. The summed E-state index contributed by atoms with van der Waals surface area (Å²) in [7, 11) is 0. The van der Waals surface area contributed by atoms with Crippen LogP contribution in [0, 0.1) is 0 Å². The molecule has 0 aliphatic carbocycles. The summed E-state index contributed by atoms with van der Waals surface area (Å²) in [6.07, 6.45) is 0.576. The average molecular weight is 326 g/mol. The van der Waals surface area contributed by atoms with Crippen LogP contribution in [0.4, 0.5) is 11.4 Å². The van der Waals surface area contributed by atoms with Crippen molar-refractivity contribution in [2.75, 3.05) is 29.9 Å². The van der Waals surface area contributed by atoms with Gasteiger partial charge in [0.15, 0.2) is 5.78 Å². The Morgan fingerprint density at radius 3 is 2.38 bits per heavy atom. The van der Waals surface area contributed by atoms with Gasteiger partial charge in [-0.25, -0.2) is 0 Å². The Labute approximate surface area is 141 Å². The van der Waals surface area contributed by atoms with E-state index in [2.05, 4.69) is 5.32 Å². The Kier molecular flexibility index (Phi) is 6.51. The summed E-state index contributed by atoms with van der Waals surface area (Å²) in [5, 5.41) is 11.9. The molecule has 0 aliphatic heterocycles. The molecule has 5 nitrogen and oxygen atoms in total. The molecule has 1 amide bonds. The largest absolute Gasteiger partial charge is 0.396 e. The van der Waals surface area contributed by atoms with E-state index in [4.69, 9.17) is 5.11 Å². The third-order valence-corrected chi connectivity index (χ3v) is 3.62. The number of rotatable bonds is 8. The Balaban J connectivity index is 2.09. The lowest BCUT2D eigenvalue weighted by atomic mass is 10.1. The van der Waals surface area contributed by atoms with Gasteiger partial charge in [0.2, 0.25) is 5.91 Å². The quantitative estimate of drug-likeness (QED) is 0.732. The smallest absolute Gasteiger partial charge is 0.243 e. The highest BCUT2D eigenvalue weighted by Gasteiger charge is 2.14. The molecule has 126 valence electrons. The summed E-state index contributed by atoms with van der Waals surface area (Å²) in [6.45, 7) is 2.26. The average Bonchev–Trinajstić information content (AvgIpc) is 2.59. The predicted octanol–water partition coefficient (Wildman–Crippen LogP) is 2.72. The summed E-state index contributed by atoms with van der Waals surface area (Å²) in [6, 6.07) is 16.5. The first-order chi connectivity index (χ1) is 11.6. The molecule has 0 unspecified atom stereocenters. The number of aliphatic hydroxyl groups is 1. The molecule has 5 heteroatoms. The Morgan fingerprint density at radius 1 is 1.04 bits per heavy atom. The van der Waals surface area contributed by atoms with Crippen molar-refractivity contribution in [2.45, 2.75) is 13.3 Å². The maximum Gasteiger partial charge on any atom is 0.243 e. The lowest BCUT2D eigenvalue weighted by molar-refractivity contribution is -0.115. The van der Waals surface area contributed by atoms with Gasteiger partial charge in [0.05, 0.1) is 12.2 Å². The number of ketones is 1. The van der Waals surface area contributed by atoms with Crippen molar-refractivity contribution in [1.82, 2.24) is 0 Å². The van der Waals surface area contributed by atoms with Crippen molar-refractivity contribution in [3.8, 4) is 0 Å². The van der Waals surface area contributed by atoms with Crippen molar-refractivity contribution in [2.24, 2.45) is 0 Å². The molecule has 0 atom stereocenters. The summed E-state index contributed by atoms with van der Waals surface area (Å²) in [4.78, 5) is 26.0. The molecule has 0 radical (unpaired) electrons. The molecule has 0 saturated carbocycles. The number of nitrogens with one attached hydrogen (secondary N) is 1. The van der Waals surface area contributed by atoms with Gasteiger partial charge in [-0.05, 0) is 37.6 Å². The van der Waals surface area contributed by atoms with E-state index in [1.165, 1.54) is 6.92 Å². The first kappa shape index (κ1) is 17.7. The molecule has 0 fully saturated rings. The number of hydrogen-bond donors (Lipinski definition) is 2. The van der Waals surface area contributed by atoms with Crippen LogP contribution in [0.2, 0.25) is 0 Å². The molecule has 0 spiro atoms. The third kappa shape index (κ3) is 4.93. The summed E-state index contributed by atoms with van der Waals surface area (Å²) in [5.74, 6) is -0.295. The van der Waals surface area contributed by atoms with Crippen LogP contribution in [-0.4, -0.2) is 36.5 Å². The SMILES string of the molecule is CC(=O)c1ccccc1NC(=O)CN(CCCO)c1ccccc1. The van der Waals surface area contributed by atoms with Gasteiger partial charge in [0.25, 0.3) is 0 Å². The first-order valence-electron chi connectivity index (χ1n) is 7.92. The minimum Gasteiger partial charge on any atom is -0.396 e. The second kappa shape index (κ2) is 8.84. The highest BCUT2D eigenvalue weighted by molar-refractivity contribution is 6.04. The molecular weight excluding hydrogens is 304 g/mol. The minimum atomic E-state index is -0.203. The molecule has 2 aromatic rings. The van der Waals surface area contributed by atoms with Crippen LogP contribution in [0.15, 0.2) is 54.6 Å². The van der Waals surface area contributed by atoms with E-state index >= 15 is 0 Å². The number of hydrogen-bond acceptors (Lipinski definition) is 4. The van der Waals surface area contributed by atoms with Gasteiger partial charge in [-0.1, -0.05) is 30.3 Å². The lowest BCUT2D eigenvalue weighted by Gasteiger charge is -2.24. The van der Waals surface area contributed by atoms with E-state index in [9.17, 15) is 9.59 Å². The molecule has 2 rings (SSSR count). The van der Waals surface area contributed by atoms with E-state index in [0.29, 0.717) is 24.2 Å². The number of anilines is 2. The number of aliphatic hydroxyl groups excluding tert-OH is 1. The van der Waals surface area contributed by atoms with Crippen molar-refractivity contribution >= 4 is 23.1 Å². The Hall–Kier alpha value is -2.66. The monoisotopic (exact) mass is 326 g/mol.